The Balaban J connectivity index is 1.84. The highest BCUT2D eigenvalue weighted by Crippen LogP contribution is 2.28. The summed E-state index contributed by atoms with van der Waals surface area (Å²) >= 11 is 1.28. The van der Waals surface area contributed by atoms with Gasteiger partial charge in [0.15, 0.2) is 17.2 Å². The van der Waals surface area contributed by atoms with Crippen molar-refractivity contribution >= 4 is 23.2 Å². The number of carbonyl (C=O) groups is 2. The summed E-state index contributed by atoms with van der Waals surface area (Å²) in [6.45, 7) is 2.28. The molecule has 2 N–H and O–H groups in total. The first kappa shape index (κ1) is 19.7. The number of thiazole rings is 1. The standard InChI is InChI=1S/C18H22N2O5S/c1-11(8-12-4-5-14(24-2)15(9-12)25-3)17(21)19-7-6-16-20-13(10-26-16)18(22)23/h4-5,9-11H,6-8H2,1-3H3,(H,19,21)(H,22,23). The average Bonchev–Trinajstić information content (AvgIpc) is 3.10. The maximum Gasteiger partial charge on any atom is 0.355 e. The highest BCUT2D eigenvalue weighted by atomic mass is 32.1. The summed E-state index contributed by atoms with van der Waals surface area (Å²) in [5.74, 6) is -0.0259. The minimum atomic E-state index is -1.04. The molecule has 2 aromatic rings. The Hall–Kier alpha value is -2.61. The molecule has 0 radical (unpaired) electrons. The van der Waals surface area contributed by atoms with Crippen LogP contribution in [0.15, 0.2) is 23.6 Å². The Morgan fingerprint density at radius 2 is 2.00 bits per heavy atom. The van der Waals surface area contributed by atoms with Gasteiger partial charge in [-0.1, -0.05) is 13.0 Å². The first-order valence-electron chi connectivity index (χ1n) is 8.11. The minimum Gasteiger partial charge on any atom is -0.493 e. The van der Waals surface area contributed by atoms with E-state index >= 15 is 0 Å². The molecule has 0 bridgehead atoms. The van der Waals surface area contributed by atoms with Crippen LogP contribution in [0.2, 0.25) is 0 Å². The van der Waals surface area contributed by atoms with Gasteiger partial charge in [0.25, 0.3) is 0 Å². The van der Waals surface area contributed by atoms with Crippen LogP contribution in [0.25, 0.3) is 0 Å². The van der Waals surface area contributed by atoms with Gasteiger partial charge in [-0.25, -0.2) is 9.78 Å². The van der Waals surface area contributed by atoms with Crippen LogP contribution in [0.1, 0.15) is 28.0 Å². The van der Waals surface area contributed by atoms with E-state index in [-0.39, 0.29) is 17.5 Å². The number of ether oxygens (including phenoxy) is 2. The number of carbonyl (C=O) groups excluding carboxylic acids is 1. The fraction of sp³-hybridized carbons (Fsp3) is 0.389. The van der Waals surface area contributed by atoms with Crippen LogP contribution in [-0.4, -0.2) is 42.7 Å². The summed E-state index contributed by atoms with van der Waals surface area (Å²) in [7, 11) is 3.15. The molecule has 0 aliphatic heterocycles. The largest absolute Gasteiger partial charge is 0.493 e. The average molecular weight is 378 g/mol. The van der Waals surface area contributed by atoms with E-state index in [0.717, 1.165) is 5.56 Å². The number of carboxylic acids is 1. The molecule has 1 unspecified atom stereocenters. The van der Waals surface area contributed by atoms with Crippen molar-refractivity contribution in [3.63, 3.8) is 0 Å². The fourth-order valence-electron chi connectivity index (χ4n) is 2.44. The molecule has 0 spiro atoms. The molecule has 1 aromatic heterocycles. The first-order chi connectivity index (χ1) is 12.4. The number of hydrogen-bond acceptors (Lipinski definition) is 6. The second-order valence-corrected chi connectivity index (χ2v) is 6.71. The number of aromatic carboxylic acids is 1. The van der Waals surface area contributed by atoms with Crippen molar-refractivity contribution in [1.82, 2.24) is 10.3 Å². The molecule has 140 valence electrons. The number of carboxylic acid groups (broad SMARTS) is 1. The van der Waals surface area contributed by atoms with Crippen LogP contribution in [-0.2, 0) is 17.6 Å². The number of nitrogens with zero attached hydrogens (tertiary/aromatic N) is 1. The van der Waals surface area contributed by atoms with Gasteiger partial charge in [0.1, 0.15) is 0 Å². The summed E-state index contributed by atoms with van der Waals surface area (Å²) in [4.78, 5) is 27.0. The molecule has 1 heterocycles. The monoisotopic (exact) mass is 378 g/mol. The van der Waals surface area contributed by atoms with E-state index in [4.69, 9.17) is 14.6 Å². The summed E-state index contributed by atoms with van der Waals surface area (Å²) in [5, 5.41) is 13.9. The van der Waals surface area contributed by atoms with E-state index in [1.54, 1.807) is 14.2 Å². The Morgan fingerprint density at radius 1 is 1.27 bits per heavy atom. The van der Waals surface area contributed by atoms with E-state index < -0.39 is 5.97 Å². The fourth-order valence-corrected chi connectivity index (χ4v) is 3.22. The van der Waals surface area contributed by atoms with Gasteiger partial charge in [-0.2, -0.15) is 0 Å². The van der Waals surface area contributed by atoms with Gasteiger partial charge in [0, 0.05) is 24.3 Å². The van der Waals surface area contributed by atoms with E-state index in [2.05, 4.69) is 10.3 Å². The molecular weight excluding hydrogens is 356 g/mol. The van der Waals surface area contributed by atoms with Crippen molar-refractivity contribution in [3.05, 3.63) is 39.8 Å². The summed E-state index contributed by atoms with van der Waals surface area (Å²) in [6, 6.07) is 5.60. The third-order valence-electron chi connectivity index (χ3n) is 3.85. The predicted octanol–water partition coefficient (Wildman–Crippen LogP) is 2.40. The maximum atomic E-state index is 12.3. The zero-order valence-corrected chi connectivity index (χ0v) is 15.8. The Labute approximate surface area is 156 Å². The molecule has 0 aliphatic rings. The third-order valence-corrected chi connectivity index (χ3v) is 4.75. The van der Waals surface area contributed by atoms with Crippen molar-refractivity contribution in [3.8, 4) is 11.5 Å². The van der Waals surface area contributed by atoms with Crippen LogP contribution < -0.4 is 14.8 Å². The number of aromatic nitrogens is 1. The molecule has 26 heavy (non-hydrogen) atoms. The second kappa shape index (κ2) is 9.19. The van der Waals surface area contributed by atoms with E-state index in [1.165, 1.54) is 16.7 Å². The lowest BCUT2D eigenvalue weighted by atomic mass is 10.00. The molecule has 8 heteroatoms. The topological polar surface area (TPSA) is 97.8 Å². The molecule has 0 saturated heterocycles. The molecule has 1 aromatic carbocycles. The Kier molecular flexibility index (Phi) is 6.97. The third kappa shape index (κ3) is 5.19. The van der Waals surface area contributed by atoms with Gasteiger partial charge in [0.05, 0.1) is 19.2 Å². The predicted molar refractivity (Wildman–Crippen MR) is 98.2 cm³/mol. The zero-order chi connectivity index (χ0) is 19.1. The lowest BCUT2D eigenvalue weighted by Crippen LogP contribution is -2.31. The first-order valence-corrected chi connectivity index (χ1v) is 8.98. The number of hydrogen-bond donors (Lipinski definition) is 2. The summed E-state index contributed by atoms with van der Waals surface area (Å²) in [6.07, 6.45) is 1.08. The molecule has 1 amide bonds. The number of nitrogens with one attached hydrogen (secondary N) is 1. The highest BCUT2D eigenvalue weighted by molar-refractivity contribution is 7.09. The van der Waals surface area contributed by atoms with Crippen molar-refractivity contribution in [2.75, 3.05) is 20.8 Å². The van der Waals surface area contributed by atoms with Crippen molar-refractivity contribution in [2.45, 2.75) is 19.8 Å². The molecule has 2 rings (SSSR count). The van der Waals surface area contributed by atoms with Crippen molar-refractivity contribution in [2.24, 2.45) is 5.92 Å². The van der Waals surface area contributed by atoms with E-state index in [1.807, 2.05) is 25.1 Å². The van der Waals surface area contributed by atoms with Gasteiger partial charge in [-0.15, -0.1) is 11.3 Å². The molecule has 0 aliphatic carbocycles. The smallest absolute Gasteiger partial charge is 0.355 e. The van der Waals surface area contributed by atoms with Gasteiger partial charge < -0.3 is 19.9 Å². The summed E-state index contributed by atoms with van der Waals surface area (Å²) < 4.78 is 10.5. The number of rotatable bonds is 9. The molecule has 7 nitrogen and oxygen atoms in total. The lowest BCUT2D eigenvalue weighted by Gasteiger charge is -2.14. The molecule has 1 atom stereocenters. The SMILES string of the molecule is COc1ccc(CC(C)C(=O)NCCc2nc(C(=O)O)cs2)cc1OC. The van der Waals surface area contributed by atoms with Crippen molar-refractivity contribution < 1.29 is 24.2 Å². The zero-order valence-electron chi connectivity index (χ0n) is 14.9. The molecule has 0 saturated carbocycles. The van der Waals surface area contributed by atoms with E-state index in [9.17, 15) is 9.59 Å². The lowest BCUT2D eigenvalue weighted by molar-refractivity contribution is -0.124. The van der Waals surface area contributed by atoms with Crippen LogP contribution in [0.4, 0.5) is 0 Å². The Morgan fingerprint density at radius 3 is 2.62 bits per heavy atom. The van der Waals surface area contributed by atoms with Crippen LogP contribution >= 0.6 is 11.3 Å². The van der Waals surface area contributed by atoms with Gasteiger partial charge >= 0.3 is 5.97 Å². The van der Waals surface area contributed by atoms with Crippen LogP contribution in [0.3, 0.4) is 0 Å². The normalized spacial score (nSPS) is 11.7. The minimum absolute atomic E-state index is 0.0400. The van der Waals surface area contributed by atoms with Gasteiger partial charge in [-0.3, -0.25) is 4.79 Å². The van der Waals surface area contributed by atoms with Gasteiger partial charge in [0.2, 0.25) is 5.91 Å². The molecule has 0 fully saturated rings. The highest BCUT2D eigenvalue weighted by Gasteiger charge is 2.15. The summed E-state index contributed by atoms with van der Waals surface area (Å²) in [5.41, 5.74) is 1.02. The number of amides is 1. The molecular formula is C18H22N2O5S. The maximum absolute atomic E-state index is 12.3. The number of benzene rings is 1. The van der Waals surface area contributed by atoms with Gasteiger partial charge in [-0.05, 0) is 24.1 Å². The van der Waals surface area contributed by atoms with Crippen LogP contribution in [0, 0.1) is 5.92 Å². The Bertz CT molecular complexity index is 775. The van der Waals surface area contributed by atoms with Crippen LogP contribution in [0.5, 0.6) is 11.5 Å². The number of methoxy groups -OCH3 is 2. The second-order valence-electron chi connectivity index (χ2n) is 5.77. The quantitative estimate of drug-likeness (QED) is 0.695. The van der Waals surface area contributed by atoms with Crippen molar-refractivity contribution in [1.29, 1.82) is 0 Å². The van der Waals surface area contributed by atoms with E-state index in [0.29, 0.717) is 35.9 Å².